The monoisotopic (exact) mass is 2510 g/mol. The van der Waals surface area contributed by atoms with Gasteiger partial charge in [-0.1, -0.05) is 0 Å². The molecule has 0 aliphatic carbocycles. The average molecular weight is 2510 g/mol. The molecule has 0 nitrogen and oxygen atoms in total. The van der Waals surface area contributed by atoms with Crippen molar-refractivity contribution in [3.8, 4) is 0 Å². The summed E-state index contributed by atoms with van der Waals surface area (Å²) in [7, 11) is 0. The van der Waals surface area contributed by atoms with E-state index in [1.165, 1.54) is 0 Å². The van der Waals surface area contributed by atoms with Gasteiger partial charge < -0.3 is 0 Å². The molecule has 0 amide bonds. The van der Waals surface area contributed by atoms with Gasteiger partial charge in [0.05, 0.1) is 0 Å². The van der Waals surface area contributed by atoms with Crippen molar-refractivity contribution in [3.63, 3.8) is 0 Å². The van der Waals surface area contributed by atoms with Crippen molar-refractivity contribution in [3.05, 3.63) is 0 Å². The van der Waals surface area contributed by atoms with Crippen LogP contribution in [0.4, 0.5) is 0 Å². The average Bonchev–Trinajstić information content (AvgIpc) is 2.10. The summed E-state index contributed by atoms with van der Waals surface area (Å²) in [6.45, 7) is 0. The third kappa shape index (κ3) is 20.8. The number of hydrogen-bond donors (Lipinski definition) is 0. The molecule has 74 valence electrons. The molecule has 0 aliphatic heterocycles. The second kappa shape index (κ2) is 21.8. The Balaban J connectivity index is 2.77. The molecule has 0 saturated carbocycles. The molecule has 0 heterocycles. The summed E-state index contributed by atoms with van der Waals surface area (Å²) in [6.07, 6.45) is 0. The van der Waals surface area contributed by atoms with Crippen molar-refractivity contribution in [1.29, 1.82) is 0 Å². The molecule has 0 atom stereocenters. The summed E-state index contributed by atoms with van der Waals surface area (Å²) in [5.41, 5.74) is 0. The first-order chi connectivity index (χ1) is 5.91. The van der Waals surface area contributed by atoms with Crippen LogP contribution in [0.2, 0.25) is 0 Å². The molecule has 0 spiro atoms. The van der Waals surface area contributed by atoms with Gasteiger partial charge in [-0.2, -0.15) is 0 Å². The third-order valence-corrected chi connectivity index (χ3v) is 1530. The van der Waals surface area contributed by atoms with Crippen LogP contribution in [-0.4, -0.2) is 176 Å². The summed E-state index contributed by atoms with van der Waals surface area (Å²) in [5, 5.41) is 0. The minimum absolute atomic E-state index is 0.519. The Bertz CT molecular complexity index is 84.0. The molecule has 0 N–H and O–H groups in total. The van der Waals surface area contributed by atoms with E-state index in [-0.39, 0.29) is 0 Å². The summed E-state index contributed by atoms with van der Waals surface area (Å²) in [5.74, 6) is 0. The fraction of sp³-hybridized carbons (Fsp3) is 0. The Hall–Kier alpha value is 10.8. The van der Waals surface area contributed by atoms with Crippen molar-refractivity contribution in [2.45, 2.75) is 0 Å². The van der Waals surface area contributed by atoms with Crippen LogP contribution >= 0.6 is 0 Å². The van der Waals surface area contributed by atoms with Crippen molar-refractivity contribution in [1.82, 2.24) is 0 Å². The molecule has 0 radical (unpaired) electrons. The van der Waals surface area contributed by atoms with Gasteiger partial charge in [-0.3, -0.25) is 0 Å². The summed E-state index contributed by atoms with van der Waals surface area (Å²) < 4.78 is 0. The first kappa shape index (κ1) is 22.8. The first-order valence-electron chi connectivity index (χ1n) is 1.88. The summed E-state index contributed by atoms with van der Waals surface area (Å²) >= 11 is 11.5. The van der Waals surface area contributed by atoms with E-state index in [9.17, 15) is 0 Å². The Morgan fingerprint density at radius 1 is 0.833 bits per heavy atom. The molecule has 12 heavy (non-hydrogen) atoms. The molecular formula is H2Po12. The second-order valence-corrected chi connectivity index (χ2v) is 473. The Kier molecular flexibility index (Phi) is 41.2. The third-order valence-electron chi connectivity index (χ3n) is 0.258. The molecule has 0 aromatic carbocycles. The maximum absolute atomic E-state index is 2.15. The van der Waals surface area contributed by atoms with Crippen LogP contribution in [0.1, 0.15) is 0 Å². The zero-order valence-corrected chi connectivity index (χ0v) is 43.7. The second-order valence-electron chi connectivity index (χ2n) is 0.700. The van der Waals surface area contributed by atoms with Crippen molar-refractivity contribution in [2.24, 2.45) is 0 Å². The van der Waals surface area contributed by atoms with Crippen molar-refractivity contribution >= 4 is 176 Å². The fourth-order valence-electron chi connectivity index (χ4n) is 0.0940. The standard InChI is InChI=1S/12Po.2H. The predicted octanol–water partition coefficient (Wildman–Crippen LogP) is -5.10. The molecule has 0 bridgehead atoms. The van der Waals surface area contributed by atoms with Gasteiger partial charge in [0, 0.05) is 0 Å². The van der Waals surface area contributed by atoms with Crippen LogP contribution in [0.25, 0.3) is 0 Å². The molecular weight excluding hydrogens is 2510 g/mol. The van der Waals surface area contributed by atoms with Gasteiger partial charge in [-0.25, -0.2) is 0 Å². The van der Waals surface area contributed by atoms with E-state index in [1.807, 2.05) is 20.1 Å². The minimum atomic E-state index is 0.519. The van der Waals surface area contributed by atoms with Crippen LogP contribution in [0.15, 0.2) is 0 Å². The summed E-state index contributed by atoms with van der Waals surface area (Å²) in [4.78, 5) is 0. The normalized spacial score (nSPS) is 10.4. The predicted molar refractivity (Wildman–Crippen MR) is 71.8 cm³/mol. The summed E-state index contributed by atoms with van der Waals surface area (Å²) in [6, 6.07) is 0. The molecule has 0 aromatic heterocycles. The van der Waals surface area contributed by atoms with Gasteiger partial charge in [-0.05, 0) is 0 Å². The fourth-order valence-corrected chi connectivity index (χ4v) is 4890. The van der Waals surface area contributed by atoms with Crippen LogP contribution < -0.4 is 0 Å². The van der Waals surface area contributed by atoms with Crippen LogP contribution in [0, 0.1) is 0 Å². The van der Waals surface area contributed by atoms with E-state index in [2.05, 4.69) is 19.5 Å². The van der Waals surface area contributed by atoms with E-state index in [4.69, 9.17) is 0 Å². The topological polar surface area (TPSA) is 0 Å². The Morgan fingerprint density at radius 2 is 1.33 bits per heavy atom. The molecule has 12 heteroatoms. The SMILES string of the molecule is [Po]=[PoH][Po][Po][Po][Po][Po][Po][Po][Po][Po][PoH]. The molecule has 0 saturated heterocycles. The quantitative estimate of drug-likeness (QED) is 0.203. The van der Waals surface area contributed by atoms with Gasteiger partial charge in [0.25, 0.3) is 0 Å². The van der Waals surface area contributed by atoms with Gasteiger partial charge in [0.2, 0.25) is 0 Å². The molecule has 0 fully saturated rings. The molecule has 0 aliphatic rings. The van der Waals surface area contributed by atoms with E-state index in [0.717, 1.165) is 110 Å². The molecule has 0 aromatic rings. The van der Waals surface area contributed by atoms with Crippen LogP contribution in [-0.2, 0) is 0 Å². The van der Waals surface area contributed by atoms with Gasteiger partial charge in [-0.15, -0.1) is 0 Å². The van der Waals surface area contributed by atoms with Crippen molar-refractivity contribution < 1.29 is 0 Å². The van der Waals surface area contributed by atoms with Crippen LogP contribution in [0.5, 0.6) is 0 Å². The number of rotatable bonds is 9. The van der Waals surface area contributed by atoms with E-state index < -0.39 is 0 Å². The maximum atomic E-state index is 2.15. The van der Waals surface area contributed by atoms with E-state index >= 15 is 0 Å². The van der Waals surface area contributed by atoms with Crippen LogP contribution in [0.3, 0.4) is 0 Å². The first-order valence-corrected chi connectivity index (χ1v) is 145. The Morgan fingerprint density at radius 3 is 1.83 bits per heavy atom. The van der Waals surface area contributed by atoms with Gasteiger partial charge in [0.15, 0.2) is 0 Å². The van der Waals surface area contributed by atoms with E-state index in [0.29, 0.717) is 26.7 Å². The zero-order chi connectivity index (χ0) is 9.07. The van der Waals surface area contributed by atoms with Gasteiger partial charge >= 0.3 is 176 Å². The zero-order valence-electron chi connectivity index (χ0n) is 4.98. The van der Waals surface area contributed by atoms with E-state index in [1.54, 1.807) is 0 Å². The molecule has 0 rings (SSSR count). The Labute approximate surface area is 166 Å². The molecule has 0 unspecified atom stereocenters. The van der Waals surface area contributed by atoms with Crippen molar-refractivity contribution in [2.75, 3.05) is 0 Å². The van der Waals surface area contributed by atoms with Gasteiger partial charge in [0.1, 0.15) is 0 Å². The number of hydrogen-bond acceptors (Lipinski definition) is 0.